The quantitative estimate of drug-likeness (QED) is 0.0574. The molecule has 0 N–H and O–H groups in total. The summed E-state index contributed by atoms with van der Waals surface area (Å²) in [7, 11) is 2.88. The average Bonchev–Trinajstić information content (AvgIpc) is 3.10. The summed E-state index contributed by atoms with van der Waals surface area (Å²) in [6.45, 7) is 19.6. The Bertz CT molecular complexity index is 2090. The first-order valence-corrected chi connectivity index (χ1v) is 20.5. The molecule has 0 unspecified atom stereocenters. The second kappa shape index (κ2) is 21.6. The largest absolute Gasteiger partial charge is 0.496 e. The molecule has 0 aliphatic heterocycles. The van der Waals surface area contributed by atoms with Gasteiger partial charge in [0.2, 0.25) is 5.78 Å². The Morgan fingerprint density at radius 2 is 0.968 bits per heavy atom. The Kier molecular flexibility index (Phi) is 17.7. The van der Waals surface area contributed by atoms with E-state index in [1.165, 1.54) is 54.4 Å². The maximum Gasteiger partial charge on any atom is 0.347 e. The second-order valence-corrected chi connectivity index (χ2v) is 18.6. The van der Waals surface area contributed by atoms with Gasteiger partial charge in [-0.05, 0) is 107 Å². The van der Waals surface area contributed by atoms with Crippen LogP contribution in [-0.2, 0) is 38.1 Å². The summed E-state index contributed by atoms with van der Waals surface area (Å²) in [5.74, 6) is -2.05. The third-order valence-corrected chi connectivity index (χ3v) is 8.12. The first-order valence-electron chi connectivity index (χ1n) is 20.5. The van der Waals surface area contributed by atoms with E-state index in [0.29, 0.717) is 16.9 Å². The molecule has 0 atom stereocenters. The highest BCUT2D eigenvalue weighted by atomic mass is 16.6. The van der Waals surface area contributed by atoms with E-state index in [1.807, 2.05) is 0 Å². The highest BCUT2D eigenvalue weighted by molar-refractivity contribution is 6.10. The number of ether oxygens (including phenoxy) is 8. The van der Waals surface area contributed by atoms with E-state index in [1.54, 1.807) is 89.2 Å². The fraction of sp³-hybridized carbons (Fsp3) is 0.565. The van der Waals surface area contributed by atoms with Crippen molar-refractivity contribution in [1.82, 2.24) is 9.80 Å². The summed E-state index contributed by atoms with van der Waals surface area (Å²) >= 11 is 0. The van der Waals surface area contributed by atoms with E-state index >= 15 is 0 Å². The van der Waals surface area contributed by atoms with Gasteiger partial charge in [-0.3, -0.25) is 33.8 Å². The number of ketones is 1. The molecule has 17 heteroatoms. The van der Waals surface area contributed by atoms with E-state index in [4.69, 9.17) is 42.3 Å². The molecule has 63 heavy (non-hydrogen) atoms. The lowest BCUT2D eigenvalue weighted by Crippen LogP contribution is -2.41. The van der Waals surface area contributed by atoms with Gasteiger partial charge in [-0.15, -0.1) is 0 Å². The van der Waals surface area contributed by atoms with Crippen LogP contribution in [0.2, 0.25) is 0 Å². The van der Waals surface area contributed by atoms with Crippen LogP contribution in [0.3, 0.4) is 0 Å². The Hall–Kier alpha value is -5.68. The van der Waals surface area contributed by atoms with E-state index in [2.05, 4.69) is 0 Å². The van der Waals surface area contributed by atoms with Crippen molar-refractivity contribution >= 4 is 40.6 Å². The van der Waals surface area contributed by atoms with Crippen LogP contribution in [0.25, 0.3) is 11.0 Å². The van der Waals surface area contributed by atoms with Crippen LogP contribution in [0.1, 0.15) is 99.0 Å². The topological polar surface area (TPSA) is 196 Å². The first-order chi connectivity index (χ1) is 29.0. The standard InChI is InChI=1S/C46H64N2O15/c1-43(2,3)60-37(49)25-47(26-38(50)61-44(4,5)6)17-19-57-33-16-15-29(41(53)32-24-31-34(56-14)22-30(55-13)23-35(31)59-42(32)54)21-36(33)58-20-18-48(27-39(51)62-45(7,8)9)28-40(52)63-46(10,11)12/h15-16,21-24H,17-20,25-28H2,1-14H3. The van der Waals surface area contributed by atoms with Gasteiger partial charge in [-0.1, -0.05) is 0 Å². The average molecular weight is 885 g/mol. The fourth-order valence-corrected chi connectivity index (χ4v) is 5.87. The maximum atomic E-state index is 14.0. The van der Waals surface area contributed by atoms with E-state index in [9.17, 15) is 28.8 Å². The molecular formula is C46H64N2O15. The molecule has 0 aliphatic rings. The minimum absolute atomic E-state index is 0.0210. The molecule has 348 valence electrons. The Labute approximate surface area is 369 Å². The van der Waals surface area contributed by atoms with Gasteiger partial charge in [0.25, 0.3) is 0 Å². The molecule has 3 aromatic rings. The van der Waals surface area contributed by atoms with Crippen molar-refractivity contribution in [2.75, 3.05) is 66.7 Å². The molecule has 0 aliphatic carbocycles. The van der Waals surface area contributed by atoms with E-state index in [-0.39, 0.29) is 80.7 Å². The predicted molar refractivity (Wildman–Crippen MR) is 233 cm³/mol. The normalized spacial score (nSPS) is 12.2. The lowest BCUT2D eigenvalue weighted by Gasteiger charge is -2.27. The van der Waals surface area contributed by atoms with Crippen LogP contribution in [0, 0.1) is 0 Å². The van der Waals surface area contributed by atoms with Gasteiger partial charge in [0.15, 0.2) is 11.5 Å². The van der Waals surface area contributed by atoms with Gasteiger partial charge < -0.3 is 42.3 Å². The molecule has 0 saturated heterocycles. The van der Waals surface area contributed by atoms with Crippen LogP contribution in [0.4, 0.5) is 0 Å². The molecule has 1 aromatic heterocycles. The number of esters is 4. The molecule has 0 fully saturated rings. The summed E-state index contributed by atoms with van der Waals surface area (Å²) in [5, 5.41) is 0.357. The number of hydrogen-bond donors (Lipinski definition) is 0. The number of carbonyl (C=O) groups excluding carboxylic acids is 5. The van der Waals surface area contributed by atoms with Crippen LogP contribution >= 0.6 is 0 Å². The minimum Gasteiger partial charge on any atom is -0.496 e. The Morgan fingerprint density at radius 1 is 0.540 bits per heavy atom. The van der Waals surface area contributed by atoms with Crippen molar-refractivity contribution in [3.63, 3.8) is 0 Å². The number of methoxy groups -OCH3 is 2. The monoisotopic (exact) mass is 884 g/mol. The smallest absolute Gasteiger partial charge is 0.347 e. The zero-order chi connectivity index (χ0) is 47.5. The van der Waals surface area contributed by atoms with Crippen molar-refractivity contribution in [1.29, 1.82) is 0 Å². The molecule has 1 heterocycles. The van der Waals surface area contributed by atoms with Crippen LogP contribution < -0.4 is 24.6 Å². The highest BCUT2D eigenvalue weighted by Gasteiger charge is 2.27. The fourth-order valence-electron chi connectivity index (χ4n) is 5.87. The van der Waals surface area contributed by atoms with Crippen molar-refractivity contribution in [2.45, 2.75) is 105 Å². The number of carbonyl (C=O) groups is 5. The van der Waals surface area contributed by atoms with Crippen LogP contribution in [0.5, 0.6) is 23.0 Å². The van der Waals surface area contributed by atoms with Gasteiger partial charge in [0.05, 0.1) is 45.8 Å². The first kappa shape index (κ1) is 51.7. The third-order valence-electron chi connectivity index (χ3n) is 8.12. The van der Waals surface area contributed by atoms with Crippen LogP contribution in [-0.4, -0.2) is 129 Å². The highest BCUT2D eigenvalue weighted by Crippen LogP contribution is 2.33. The van der Waals surface area contributed by atoms with Crippen molar-refractivity contribution in [3.8, 4) is 23.0 Å². The van der Waals surface area contributed by atoms with Gasteiger partial charge in [-0.25, -0.2) is 4.79 Å². The molecular weight excluding hydrogens is 821 g/mol. The van der Waals surface area contributed by atoms with Gasteiger partial charge in [0, 0.05) is 30.8 Å². The molecule has 0 radical (unpaired) electrons. The van der Waals surface area contributed by atoms with E-state index < -0.39 is 57.7 Å². The van der Waals surface area contributed by atoms with E-state index in [0.717, 1.165) is 0 Å². The molecule has 0 spiro atoms. The Balaban J connectivity index is 1.99. The van der Waals surface area contributed by atoms with Crippen molar-refractivity contribution in [3.05, 3.63) is 57.9 Å². The SMILES string of the molecule is COc1cc(OC)c2cc(C(=O)c3ccc(OCCN(CC(=O)OC(C)(C)C)CC(=O)OC(C)(C)C)c(OCCN(CC(=O)OC(C)(C)C)CC(=O)OC(C)(C)C)c3)c(=O)oc2c1. The lowest BCUT2D eigenvalue weighted by atomic mass is 10.0. The molecule has 0 saturated carbocycles. The second-order valence-electron chi connectivity index (χ2n) is 18.6. The summed E-state index contributed by atoms with van der Waals surface area (Å²) in [5.41, 5.74) is -4.09. The third kappa shape index (κ3) is 18.3. The van der Waals surface area contributed by atoms with Crippen LogP contribution in [0.15, 0.2) is 45.6 Å². The zero-order valence-corrected chi connectivity index (χ0v) is 39.1. The maximum absolute atomic E-state index is 14.0. The zero-order valence-electron chi connectivity index (χ0n) is 39.1. The van der Waals surface area contributed by atoms with Gasteiger partial charge >= 0.3 is 29.5 Å². The summed E-state index contributed by atoms with van der Waals surface area (Å²) in [4.78, 5) is 81.7. The predicted octanol–water partition coefficient (Wildman–Crippen LogP) is 5.77. The molecule has 0 amide bonds. The number of hydrogen-bond acceptors (Lipinski definition) is 17. The lowest BCUT2D eigenvalue weighted by molar-refractivity contribution is -0.162. The van der Waals surface area contributed by atoms with Gasteiger partial charge in [-0.2, -0.15) is 0 Å². The summed E-state index contributed by atoms with van der Waals surface area (Å²) in [6, 6.07) is 8.77. The summed E-state index contributed by atoms with van der Waals surface area (Å²) < 4.78 is 50.6. The number of fused-ring (bicyclic) bond motifs is 1. The van der Waals surface area contributed by atoms with Crippen molar-refractivity contribution in [2.24, 2.45) is 0 Å². The number of rotatable bonds is 20. The minimum atomic E-state index is -0.902. The summed E-state index contributed by atoms with van der Waals surface area (Å²) in [6.07, 6.45) is 0. The van der Waals surface area contributed by atoms with Crippen molar-refractivity contribution < 1.29 is 66.3 Å². The Morgan fingerprint density at radius 3 is 1.37 bits per heavy atom. The molecule has 2 aromatic carbocycles. The molecule has 0 bridgehead atoms. The number of nitrogens with zero attached hydrogens (tertiary/aromatic N) is 2. The molecule has 3 rings (SSSR count). The number of benzene rings is 2. The van der Waals surface area contributed by atoms with Gasteiger partial charge in [0.1, 0.15) is 58.3 Å². The molecule has 17 nitrogen and oxygen atoms in total.